The van der Waals surface area contributed by atoms with Gasteiger partial charge in [-0.15, -0.1) is 0 Å². The van der Waals surface area contributed by atoms with E-state index in [9.17, 15) is 50.6 Å². The number of hydrazine groups is 1. The molecule has 2 rings (SSSR count). The second kappa shape index (κ2) is 8.19. The molecule has 162 valence electrons. The number of nitro groups is 5. The molecular weight excluding hydrogens is 426 g/mol. The molecular formula is C14H11N7O10. The Balaban J connectivity index is 2.66. The molecule has 0 fully saturated rings. The number of aryl methyl sites for hydroxylation is 1. The van der Waals surface area contributed by atoms with Crippen LogP contribution in [0.2, 0.25) is 0 Å². The van der Waals surface area contributed by atoms with Crippen LogP contribution >= 0.6 is 0 Å². The summed E-state index contributed by atoms with van der Waals surface area (Å²) in [7, 11) is 0. The summed E-state index contributed by atoms with van der Waals surface area (Å²) in [6.45, 7) is 2.28. The predicted octanol–water partition coefficient (Wildman–Crippen LogP) is 3.28. The van der Waals surface area contributed by atoms with Crippen LogP contribution < -0.4 is 10.9 Å². The second-order valence-electron chi connectivity index (χ2n) is 5.95. The highest BCUT2D eigenvalue weighted by molar-refractivity contribution is 5.82. The molecule has 17 heteroatoms. The molecule has 0 heterocycles. The van der Waals surface area contributed by atoms with Gasteiger partial charge in [0.25, 0.3) is 11.4 Å². The third kappa shape index (κ3) is 4.23. The Morgan fingerprint density at radius 3 is 1.55 bits per heavy atom. The van der Waals surface area contributed by atoms with E-state index >= 15 is 0 Å². The third-order valence-electron chi connectivity index (χ3n) is 4.11. The molecule has 2 aromatic rings. The highest BCUT2D eigenvalue weighted by atomic mass is 16.6. The molecule has 0 aliphatic rings. The third-order valence-corrected chi connectivity index (χ3v) is 4.11. The van der Waals surface area contributed by atoms with Crippen LogP contribution in [-0.4, -0.2) is 24.6 Å². The summed E-state index contributed by atoms with van der Waals surface area (Å²) < 4.78 is 0. The van der Waals surface area contributed by atoms with Crippen molar-refractivity contribution in [1.29, 1.82) is 0 Å². The minimum atomic E-state index is -1.11. The lowest BCUT2D eigenvalue weighted by molar-refractivity contribution is -0.402. The molecule has 0 aliphatic heterocycles. The number of nitro benzene ring substituents is 5. The number of benzene rings is 2. The summed E-state index contributed by atoms with van der Waals surface area (Å²) in [6, 6.07) is 2.13. The van der Waals surface area contributed by atoms with Crippen molar-refractivity contribution in [1.82, 2.24) is 0 Å². The van der Waals surface area contributed by atoms with Crippen molar-refractivity contribution in [2.24, 2.45) is 0 Å². The minimum Gasteiger partial charge on any atom is -0.294 e. The van der Waals surface area contributed by atoms with Crippen molar-refractivity contribution in [3.05, 3.63) is 79.9 Å². The zero-order valence-corrected chi connectivity index (χ0v) is 15.6. The lowest BCUT2D eigenvalue weighted by Gasteiger charge is -2.12. The smallest absolute Gasteiger partial charge is 0.294 e. The molecule has 0 amide bonds. The van der Waals surface area contributed by atoms with Gasteiger partial charge in [0.05, 0.1) is 36.7 Å². The van der Waals surface area contributed by atoms with Crippen LogP contribution in [0.3, 0.4) is 0 Å². The van der Waals surface area contributed by atoms with Gasteiger partial charge in [-0.1, -0.05) is 0 Å². The second-order valence-corrected chi connectivity index (χ2v) is 5.95. The maximum atomic E-state index is 11.5. The van der Waals surface area contributed by atoms with E-state index < -0.39 is 70.0 Å². The number of anilines is 2. The molecule has 2 N–H and O–H groups in total. The number of hydrogen-bond donors (Lipinski definition) is 2. The van der Waals surface area contributed by atoms with Crippen molar-refractivity contribution < 1.29 is 24.6 Å². The molecule has 0 saturated carbocycles. The first-order valence-corrected chi connectivity index (χ1v) is 7.93. The van der Waals surface area contributed by atoms with Gasteiger partial charge >= 0.3 is 17.1 Å². The highest BCUT2D eigenvalue weighted by Gasteiger charge is 2.35. The van der Waals surface area contributed by atoms with Crippen molar-refractivity contribution in [2.45, 2.75) is 13.8 Å². The van der Waals surface area contributed by atoms with Gasteiger partial charge in [0, 0.05) is 5.56 Å². The van der Waals surface area contributed by atoms with Crippen molar-refractivity contribution in [3.63, 3.8) is 0 Å². The zero-order valence-electron chi connectivity index (χ0n) is 15.6. The van der Waals surface area contributed by atoms with E-state index in [-0.39, 0.29) is 5.56 Å². The van der Waals surface area contributed by atoms with E-state index in [0.29, 0.717) is 12.1 Å². The van der Waals surface area contributed by atoms with Gasteiger partial charge in [0.15, 0.2) is 0 Å². The first kappa shape index (κ1) is 22.3. The fraction of sp³-hybridized carbons (Fsp3) is 0.143. The van der Waals surface area contributed by atoms with E-state index in [1.54, 1.807) is 0 Å². The lowest BCUT2D eigenvalue weighted by atomic mass is 10.1. The lowest BCUT2D eigenvalue weighted by Crippen LogP contribution is -2.15. The fourth-order valence-corrected chi connectivity index (χ4v) is 2.69. The summed E-state index contributed by atoms with van der Waals surface area (Å²) in [5, 5.41) is 56.2. The molecule has 0 radical (unpaired) electrons. The minimum absolute atomic E-state index is 0.0104. The van der Waals surface area contributed by atoms with E-state index in [0.717, 1.165) is 13.0 Å². The Morgan fingerprint density at radius 1 is 0.613 bits per heavy atom. The summed E-state index contributed by atoms with van der Waals surface area (Å²) in [5.41, 5.74) is -1.70. The average Bonchev–Trinajstić information content (AvgIpc) is 2.64. The summed E-state index contributed by atoms with van der Waals surface area (Å²) >= 11 is 0. The van der Waals surface area contributed by atoms with Gasteiger partial charge in [-0.05, 0) is 19.9 Å². The Labute approximate surface area is 170 Å². The largest absolute Gasteiger partial charge is 0.311 e. The molecule has 0 unspecified atom stereocenters. The molecule has 17 nitrogen and oxygen atoms in total. The van der Waals surface area contributed by atoms with Crippen LogP contribution in [-0.2, 0) is 0 Å². The summed E-state index contributed by atoms with van der Waals surface area (Å²) in [5.74, 6) is 0. The van der Waals surface area contributed by atoms with Crippen molar-refractivity contribution >= 4 is 39.8 Å². The van der Waals surface area contributed by atoms with Gasteiger partial charge in [0.1, 0.15) is 11.3 Å². The topological polar surface area (TPSA) is 240 Å². The van der Waals surface area contributed by atoms with Crippen LogP contribution in [0, 0.1) is 64.4 Å². The standard InChI is InChI=1S/C14H11N7O10/c1-6-3-8(11(19(26)27)4-9(6)17(22)23)15-16-13-12(20(28)29)5-10(18(24)25)7(2)14(13)21(30)31/h3-5,15-16H,1-2H3. The molecule has 0 atom stereocenters. The normalized spacial score (nSPS) is 10.3. The maximum absolute atomic E-state index is 11.5. The van der Waals surface area contributed by atoms with Crippen LogP contribution in [0.25, 0.3) is 0 Å². The molecule has 31 heavy (non-hydrogen) atoms. The maximum Gasteiger partial charge on any atom is 0.311 e. The highest BCUT2D eigenvalue weighted by Crippen LogP contribution is 2.42. The molecule has 2 aromatic carbocycles. The van der Waals surface area contributed by atoms with Crippen LogP contribution in [0.1, 0.15) is 11.1 Å². The van der Waals surface area contributed by atoms with Crippen LogP contribution in [0.5, 0.6) is 0 Å². The number of nitrogens with one attached hydrogen (secondary N) is 2. The van der Waals surface area contributed by atoms with E-state index in [2.05, 4.69) is 10.9 Å². The molecule has 0 spiro atoms. The van der Waals surface area contributed by atoms with Crippen LogP contribution in [0.4, 0.5) is 39.8 Å². The Kier molecular flexibility index (Phi) is 5.90. The Morgan fingerprint density at radius 2 is 1.10 bits per heavy atom. The summed E-state index contributed by atoms with van der Waals surface area (Å²) in [6.07, 6.45) is 0. The quantitative estimate of drug-likeness (QED) is 0.446. The van der Waals surface area contributed by atoms with Gasteiger partial charge < -0.3 is 0 Å². The molecule has 0 aliphatic carbocycles. The number of nitrogens with zero attached hydrogens (tertiary/aromatic N) is 5. The van der Waals surface area contributed by atoms with Crippen molar-refractivity contribution in [2.75, 3.05) is 10.9 Å². The molecule has 0 saturated heterocycles. The van der Waals surface area contributed by atoms with Crippen molar-refractivity contribution in [3.8, 4) is 0 Å². The molecule has 0 aromatic heterocycles. The monoisotopic (exact) mass is 437 g/mol. The average molecular weight is 437 g/mol. The van der Waals surface area contributed by atoms with Gasteiger partial charge in [0.2, 0.25) is 5.69 Å². The SMILES string of the molecule is Cc1cc(NNc2c([N+](=O)[O-])cc([N+](=O)[O-])c(C)c2[N+](=O)[O-])c([N+](=O)[O-])cc1[N+](=O)[O-]. The summed E-state index contributed by atoms with van der Waals surface area (Å²) in [4.78, 5) is 51.1. The molecule has 0 bridgehead atoms. The van der Waals surface area contributed by atoms with Crippen LogP contribution in [0.15, 0.2) is 18.2 Å². The van der Waals surface area contributed by atoms with E-state index in [4.69, 9.17) is 0 Å². The van der Waals surface area contributed by atoms with Gasteiger partial charge in [-0.2, -0.15) is 0 Å². The Hall–Kier alpha value is -4.96. The van der Waals surface area contributed by atoms with Gasteiger partial charge in [-0.25, -0.2) is 0 Å². The Bertz CT molecular complexity index is 1160. The zero-order chi connectivity index (χ0) is 23.6. The van der Waals surface area contributed by atoms with Gasteiger partial charge in [-0.3, -0.25) is 61.4 Å². The first-order chi connectivity index (χ1) is 14.4. The predicted molar refractivity (Wildman–Crippen MR) is 103 cm³/mol. The fourth-order valence-electron chi connectivity index (χ4n) is 2.69. The van der Waals surface area contributed by atoms with E-state index in [1.165, 1.54) is 6.92 Å². The van der Waals surface area contributed by atoms with E-state index in [1.807, 2.05) is 0 Å². The number of rotatable bonds is 8. The number of hydrogen-bond acceptors (Lipinski definition) is 12. The first-order valence-electron chi connectivity index (χ1n) is 7.93.